The molecule has 0 fully saturated rings. The van der Waals surface area contributed by atoms with Gasteiger partial charge >= 0.3 is 6.18 Å². The van der Waals surface area contributed by atoms with Gasteiger partial charge in [0.05, 0.1) is 21.2 Å². The number of rotatable bonds is 2. The van der Waals surface area contributed by atoms with Crippen LogP contribution in [-0.4, -0.2) is 19.7 Å². The molecule has 3 aromatic rings. The van der Waals surface area contributed by atoms with Crippen LogP contribution in [-0.2, 0) is 13.2 Å². The van der Waals surface area contributed by atoms with Gasteiger partial charge in [-0.3, -0.25) is 4.98 Å². The van der Waals surface area contributed by atoms with E-state index in [-0.39, 0.29) is 15.9 Å². The van der Waals surface area contributed by atoms with Crippen molar-refractivity contribution < 1.29 is 13.2 Å². The van der Waals surface area contributed by atoms with Gasteiger partial charge in [-0.25, -0.2) is 9.67 Å². The van der Waals surface area contributed by atoms with Crippen LogP contribution in [0, 0.1) is 0 Å². The molecule has 9 heteroatoms. The van der Waals surface area contributed by atoms with Crippen LogP contribution in [0.25, 0.3) is 22.8 Å². The summed E-state index contributed by atoms with van der Waals surface area (Å²) < 4.78 is 39.4. The molecule has 0 aliphatic carbocycles. The summed E-state index contributed by atoms with van der Waals surface area (Å²) in [6.45, 7) is 0. The molecular weight excluding hydrogens is 364 g/mol. The molecule has 0 aliphatic rings. The van der Waals surface area contributed by atoms with Crippen molar-refractivity contribution in [2.24, 2.45) is 7.05 Å². The number of aryl methyl sites for hydroxylation is 1. The second kappa shape index (κ2) is 6.07. The van der Waals surface area contributed by atoms with Crippen LogP contribution in [0.4, 0.5) is 13.2 Å². The minimum Gasteiger partial charge on any atom is -0.262 e. The van der Waals surface area contributed by atoms with E-state index in [4.69, 9.17) is 23.2 Å². The molecule has 0 atom stereocenters. The molecule has 0 radical (unpaired) electrons. The highest BCUT2D eigenvalue weighted by Gasteiger charge is 2.30. The molecule has 0 aliphatic heterocycles. The summed E-state index contributed by atoms with van der Waals surface area (Å²) in [5, 5.41) is 4.81. The Kier molecular flexibility index (Phi) is 4.23. The lowest BCUT2D eigenvalue weighted by Gasteiger charge is -2.07. The molecular formula is C15H9Cl2F3N4. The smallest absolute Gasteiger partial charge is 0.262 e. The van der Waals surface area contributed by atoms with E-state index in [1.807, 2.05) is 0 Å². The predicted molar refractivity (Wildman–Crippen MR) is 84.7 cm³/mol. The van der Waals surface area contributed by atoms with Crippen molar-refractivity contribution in [1.29, 1.82) is 0 Å². The van der Waals surface area contributed by atoms with E-state index in [1.54, 1.807) is 7.05 Å². The number of benzene rings is 1. The molecule has 0 saturated carbocycles. The number of hydrogen-bond donors (Lipinski definition) is 0. The van der Waals surface area contributed by atoms with E-state index in [0.29, 0.717) is 17.0 Å². The van der Waals surface area contributed by atoms with Crippen LogP contribution >= 0.6 is 23.2 Å². The van der Waals surface area contributed by atoms with Crippen molar-refractivity contribution in [1.82, 2.24) is 19.7 Å². The Hall–Kier alpha value is -2.12. The van der Waals surface area contributed by atoms with E-state index < -0.39 is 11.7 Å². The van der Waals surface area contributed by atoms with E-state index >= 15 is 0 Å². The third kappa shape index (κ3) is 3.09. The van der Waals surface area contributed by atoms with Crippen molar-refractivity contribution >= 4 is 23.2 Å². The summed E-state index contributed by atoms with van der Waals surface area (Å²) in [6, 6.07) is 4.67. The zero-order valence-corrected chi connectivity index (χ0v) is 13.7. The Morgan fingerprint density at radius 1 is 1.00 bits per heavy atom. The summed E-state index contributed by atoms with van der Waals surface area (Å²) in [7, 11) is 1.63. The predicted octanol–water partition coefficient (Wildman–Crippen LogP) is 4.87. The molecule has 0 amide bonds. The van der Waals surface area contributed by atoms with Crippen LogP contribution < -0.4 is 0 Å². The molecule has 1 aromatic carbocycles. The SMILES string of the molecule is Cn1nc(-c2c(Cl)cncc2Cl)nc1-c1ccc(C(F)(F)F)cc1. The molecule has 3 rings (SSSR count). The first-order valence-corrected chi connectivity index (χ1v) is 7.41. The van der Waals surface area contributed by atoms with E-state index in [0.717, 1.165) is 12.1 Å². The quantitative estimate of drug-likeness (QED) is 0.644. The monoisotopic (exact) mass is 372 g/mol. The number of pyridine rings is 1. The van der Waals surface area contributed by atoms with Crippen LogP contribution in [0.3, 0.4) is 0 Å². The van der Waals surface area contributed by atoms with Gasteiger partial charge in [-0.1, -0.05) is 35.3 Å². The number of aromatic nitrogens is 4. The maximum Gasteiger partial charge on any atom is 0.416 e. The van der Waals surface area contributed by atoms with Crippen LogP contribution in [0.1, 0.15) is 5.56 Å². The fourth-order valence-electron chi connectivity index (χ4n) is 2.17. The number of nitrogens with zero attached hydrogens (tertiary/aromatic N) is 4. The molecule has 4 nitrogen and oxygen atoms in total. The topological polar surface area (TPSA) is 43.6 Å². The Balaban J connectivity index is 2.04. The van der Waals surface area contributed by atoms with Crippen molar-refractivity contribution in [3.8, 4) is 22.8 Å². The lowest BCUT2D eigenvalue weighted by atomic mass is 10.1. The Morgan fingerprint density at radius 3 is 2.12 bits per heavy atom. The maximum absolute atomic E-state index is 12.6. The van der Waals surface area contributed by atoms with Crippen LogP contribution in [0.15, 0.2) is 36.7 Å². The summed E-state index contributed by atoms with van der Waals surface area (Å²) in [6.07, 6.45) is -1.56. The molecule has 0 spiro atoms. The minimum absolute atomic E-state index is 0.268. The van der Waals surface area contributed by atoms with Crippen molar-refractivity contribution in [3.05, 3.63) is 52.3 Å². The molecule has 2 heterocycles. The fourth-order valence-corrected chi connectivity index (χ4v) is 2.71. The van der Waals surface area contributed by atoms with Gasteiger partial charge in [-0.2, -0.15) is 18.3 Å². The normalized spacial score (nSPS) is 11.8. The molecule has 0 unspecified atom stereocenters. The highest BCUT2D eigenvalue weighted by Crippen LogP contribution is 2.34. The van der Waals surface area contributed by atoms with Gasteiger partial charge in [0, 0.05) is 25.0 Å². The summed E-state index contributed by atoms with van der Waals surface area (Å²) in [5.41, 5.74) is 0.182. The average Bonchev–Trinajstić information content (AvgIpc) is 2.88. The highest BCUT2D eigenvalue weighted by molar-refractivity contribution is 6.38. The molecule has 0 N–H and O–H groups in total. The fraction of sp³-hybridized carbons (Fsp3) is 0.133. The Labute approximate surface area is 144 Å². The number of hydrogen-bond acceptors (Lipinski definition) is 3. The average molecular weight is 373 g/mol. The first-order valence-electron chi connectivity index (χ1n) is 6.65. The largest absolute Gasteiger partial charge is 0.416 e. The van der Waals surface area contributed by atoms with Crippen LogP contribution in [0.5, 0.6) is 0 Å². The van der Waals surface area contributed by atoms with Gasteiger partial charge < -0.3 is 0 Å². The lowest BCUT2D eigenvalue weighted by molar-refractivity contribution is -0.137. The Morgan fingerprint density at radius 2 is 1.58 bits per heavy atom. The van der Waals surface area contributed by atoms with Gasteiger partial charge in [0.25, 0.3) is 0 Å². The summed E-state index contributed by atoms with van der Waals surface area (Å²) in [4.78, 5) is 8.19. The third-order valence-corrected chi connectivity index (χ3v) is 3.88. The zero-order chi connectivity index (χ0) is 17.5. The standard InChI is InChI=1S/C15H9Cl2F3N4/c1-24-14(8-2-4-9(5-3-8)15(18,19)20)22-13(23-24)12-10(16)6-21-7-11(12)17/h2-7H,1H3. The molecule has 2 aromatic heterocycles. The Bertz CT molecular complexity index is 868. The maximum atomic E-state index is 12.6. The van der Waals surface area contributed by atoms with Crippen molar-refractivity contribution in [3.63, 3.8) is 0 Å². The molecule has 24 heavy (non-hydrogen) atoms. The first kappa shape index (κ1) is 16.7. The van der Waals surface area contributed by atoms with Gasteiger partial charge in [-0.15, -0.1) is 0 Å². The van der Waals surface area contributed by atoms with E-state index in [9.17, 15) is 13.2 Å². The van der Waals surface area contributed by atoms with Gasteiger partial charge in [0.15, 0.2) is 11.6 Å². The highest BCUT2D eigenvalue weighted by atomic mass is 35.5. The second-order valence-electron chi connectivity index (χ2n) is 4.94. The van der Waals surface area contributed by atoms with Crippen molar-refractivity contribution in [2.45, 2.75) is 6.18 Å². The summed E-state index contributed by atoms with van der Waals surface area (Å²) in [5.74, 6) is 0.660. The third-order valence-electron chi connectivity index (χ3n) is 3.31. The number of halogens is 5. The van der Waals surface area contributed by atoms with Gasteiger partial charge in [-0.05, 0) is 12.1 Å². The van der Waals surface area contributed by atoms with Crippen LogP contribution in [0.2, 0.25) is 10.0 Å². The zero-order valence-electron chi connectivity index (χ0n) is 12.1. The van der Waals surface area contributed by atoms with Gasteiger partial charge in [0.2, 0.25) is 0 Å². The van der Waals surface area contributed by atoms with E-state index in [1.165, 1.54) is 29.2 Å². The summed E-state index contributed by atoms with van der Waals surface area (Å²) >= 11 is 12.2. The molecule has 0 bridgehead atoms. The lowest BCUT2D eigenvalue weighted by Crippen LogP contribution is -2.04. The minimum atomic E-state index is -4.39. The van der Waals surface area contributed by atoms with Crippen molar-refractivity contribution in [2.75, 3.05) is 0 Å². The molecule has 124 valence electrons. The number of alkyl halides is 3. The van der Waals surface area contributed by atoms with Gasteiger partial charge in [0.1, 0.15) is 0 Å². The first-order chi connectivity index (χ1) is 11.3. The molecule has 0 saturated heterocycles. The van der Waals surface area contributed by atoms with E-state index in [2.05, 4.69) is 15.1 Å². The second-order valence-corrected chi connectivity index (χ2v) is 5.75.